The summed E-state index contributed by atoms with van der Waals surface area (Å²) in [6.45, 7) is 10.9. The minimum absolute atomic E-state index is 0.0232. The first-order chi connectivity index (χ1) is 8.31. The van der Waals surface area contributed by atoms with Gasteiger partial charge in [0.1, 0.15) is 0 Å². The highest BCUT2D eigenvalue weighted by molar-refractivity contribution is 7.99. The average Bonchev–Trinajstić information content (AvgIpc) is 2.26. The zero-order valence-electron chi connectivity index (χ0n) is 11.9. The van der Waals surface area contributed by atoms with E-state index in [4.69, 9.17) is 0 Å². The summed E-state index contributed by atoms with van der Waals surface area (Å²) in [6.07, 6.45) is 0. The first kappa shape index (κ1) is 15.1. The van der Waals surface area contributed by atoms with Crippen molar-refractivity contribution in [1.29, 1.82) is 0 Å². The SMILES string of the molecule is CC(=O)NCC(C)(C)c1ccc(SC(C)C)cc1. The van der Waals surface area contributed by atoms with Crippen LogP contribution in [0.2, 0.25) is 0 Å². The molecule has 3 heteroatoms. The van der Waals surface area contributed by atoms with Crippen molar-refractivity contribution in [2.75, 3.05) is 6.54 Å². The molecule has 0 fully saturated rings. The molecule has 1 aromatic rings. The molecule has 2 nitrogen and oxygen atoms in total. The minimum Gasteiger partial charge on any atom is -0.355 e. The topological polar surface area (TPSA) is 29.1 Å². The van der Waals surface area contributed by atoms with Gasteiger partial charge in [-0.3, -0.25) is 4.79 Å². The van der Waals surface area contributed by atoms with E-state index >= 15 is 0 Å². The van der Waals surface area contributed by atoms with Crippen LogP contribution in [0.4, 0.5) is 0 Å². The third kappa shape index (κ3) is 4.73. The van der Waals surface area contributed by atoms with Crippen molar-refractivity contribution in [3.63, 3.8) is 0 Å². The van der Waals surface area contributed by atoms with Crippen LogP contribution in [0.5, 0.6) is 0 Å². The van der Waals surface area contributed by atoms with Gasteiger partial charge in [-0.2, -0.15) is 0 Å². The van der Waals surface area contributed by atoms with E-state index < -0.39 is 0 Å². The summed E-state index contributed by atoms with van der Waals surface area (Å²) in [5, 5.41) is 3.49. The smallest absolute Gasteiger partial charge is 0.216 e. The normalized spacial score (nSPS) is 11.7. The lowest BCUT2D eigenvalue weighted by Crippen LogP contribution is -2.35. The summed E-state index contributed by atoms with van der Waals surface area (Å²) in [5.74, 6) is 0.0232. The van der Waals surface area contributed by atoms with Crippen LogP contribution in [0.25, 0.3) is 0 Å². The molecule has 0 saturated carbocycles. The second-order valence-corrected chi connectivity index (χ2v) is 7.13. The highest BCUT2D eigenvalue weighted by Gasteiger charge is 2.20. The zero-order valence-corrected chi connectivity index (χ0v) is 12.7. The number of carbonyl (C=O) groups excluding carboxylic acids is 1. The van der Waals surface area contributed by atoms with E-state index in [1.165, 1.54) is 10.5 Å². The molecule has 0 aliphatic rings. The zero-order chi connectivity index (χ0) is 13.8. The van der Waals surface area contributed by atoms with Crippen LogP contribution in [0.1, 0.15) is 40.2 Å². The summed E-state index contributed by atoms with van der Waals surface area (Å²) in [6, 6.07) is 8.64. The minimum atomic E-state index is -0.0350. The van der Waals surface area contributed by atoms with Crippen molar-refractivity contribution in [3.8, 4) is 0 Å². The monoisotopic (exact) mass is 265 g/mol. The quantitative estimate of drug-likeness (QED) is 0.824. The fourth-order valence-electron chi connectivity index (χ4n) is 1.70. The average molecular weight is 265 g/mol. The summed E-state index contributed by atoms with van der Waals surface area (Å²) in [7, 11) is 0. The lowest BCUT2D eigenvalue weighted by molar-refractivity contribution is -0.119. The van der Waals surface area contributed by atoms with Gasteiger partial charge in [-0.25, -0.2) is 0 Å². The third-order valence-corrected chi connectivity index (χ3v) is 3.80. The highest BCUT2D eigenvalue weighted by atomic mass is 32.2. The van der Waals surface area contributed by atoms with E-state index in [1.807, 2.05) is 11.8 Å². The van der Waals surface area contributed by atoms with E-state index in [1.54, 1.807) is 6.92 Å². The van der Waals surface area contributed by atoms with E-state index in [-0.39, 0.29) is 11.3 Å². The van der Waals surface area contributed by atoms with Crippen molar-refractivity contribution in [3.05, 3.63) is 29.8 Å². The second kappa shape index (κ2) is 6.28. The number of amides is 1. The number of hydrogen-bond acceptors (Lipinski definition) is 2. The molecular formula is C15H23NOS. The Balaban J connectivity index is 2.73. The highest BCUT2D eigenvalue weighted by Crippen LogP contribution is 2.27. The Morgan fingerprint density at radius 2 is 1.83 bits per heavy atom. The molecule has 0 radical (unpaired) electrons. The third-order valence-electron chi connectivity index (χ3n) is 2.79. The van der Waals surface area contributed by atoms with Gasteiger partial charge < -0.3 is 5.32 Å². The number of hydrogen-bond donors (Lipinski definition) is 1. The van der Waals surface area contributed by atoms with E-state index in [0.29, 0.717) is 11.8 Å². The van der Waals surface area contributed by atoms with Crippen LogP contribution in [-0.2, 0) is 10.2 Å². The maximum atomic E-state index is 11.0. The molecular weight excluding hydrogens is 242 g/mol. The Bertz CT molecular complexity index is 395. The van der Waals surface area contributed by atoms with Crippen LogP contribution in [-0.4, -0.2) is 17.7 Å². The fraction of sp³-hybridized carbons (Fsp3) is 0.533. The Hall–Kier alpha value is -0.960. The van der Waals surface area contributed by atoms with Crippen molar-refractivity contribution in [2.24, 2.45) is 0 Å². The number of thioether (sulfide) groups is 1. The number of carbonyl (C=O) groups is 1. The van der Waals surface area contributed by atoms with Crippen LogP contribution < -0.4 is 5.32 Å². The standard InChI is InChI=1S/C15H23NOS/c1-11(2)18-14-8-6-13(7-9-14)15(4,5)10-16-12(3)17/h6-9,11H,10H2,1-5H3,(H,16,17). The molecule has 1 N–H and O–H groups in total. The maximum Gasteiger partial charge on any atom is 0.216 e. The fourth-order valence-corrected chi connectivity index (χ4v) is 2.54. The molecule has 0 atom stereocenters. The molecule has 0 unspecified atom stereocenters. The number of rotatable bonds is 5. The molecule has 0 aliphatic heterocycles. The van der Waals surface area contributed by atoms with Gasteiger partial charge in [-0.05, 0) is 17.7 Å². The molecule has 18 heavy (non-hydrogen) atoms. The van der Waals surface area contributed by atoms with Gasteiger partial charge in [-0.1, -0.05) is 39.8 Å². The largest absolute Gasteiger partial charge is 0.355 e. The van der Waals surface area contributed by atoms with Gasteiger partial charge in [0, 0.05) is 29.0 Å². The molecule has 0 aliphatic carbocycles. The van der Waals surface area contributed by atoms with Crippen LogP contribution in [0, 0.1) is 0 Å². The van der Waals surface area contributed by atoms with Crippen LogP contribution >= 0.6 is 11.8 Å². The lowest BCUT2D eigenvalue weighted by atomic mass is 9.84. The molecule has 0 heterocycles. The Kier molecular flexibility index (Phi) is 5.27. The summed E-state index contributed by atoms with van der Waals surface area (Å²) >= 11 is 1.87. The summed E-state index contributed by atoms with van der Waals surface area (Å²) < 4.78 is 0. The summed E-state index contributed by atoms with van der Waals surface area (Å²) in [4.78, 5) is 12.3. The van der Waals surface area contributed by atoms with Crippen molar-refractivity contribution >= 4 is 17.7 Å². The Morgan fingerprint density at radius 3 is 2.28 bits per heavy atom. The summed E-state index contributed by atoms with van der Waals surface area (Å²) in [5.41, 5.74) is 1.22. The molecule has 1 amide bonds. The Morgan fingerprint density at radius 1 is 1.28 bits per heavy atom. The molecule has 1 rings (SSSR count). The van der Waals surface area contributed by atoms with Crippen molar-refractivity contribution in [2.45, 2.75) is 50.2 Å². The predicted molar refractivity (Wildman–Crippen MR) is 79.1 cm³/mol. The predicted octanol–water partition coefficient (Wildman–Crippen LogP) is 3.60. The lowest BCUT2D eigenvalue weighted by Gasteiger charge is -2.25. The second-order valence-electron chi connectivity index (χ2n) is 5.48. The maximum absolute atomic E-state index is 11.0. The van der Waals surface area contributed by atoms with Crippen LogP contribution in [0.15, 0.2) is 29.2 Å². The van der Waals surface area contributed by atoms with E-state index in [2.05, 4.69) is 57.3 Å². The first-order valence-corrected chi connectivity index (χ1v) is 7.21. The molecule has 0 spiro atoms. The van der Waals surface area contributed by atoms with Gasteiger partial charge in [-0.15, -0.1) is 11.8 Å². The van der Waals surface area contributed by atoms with Gasteiger partial charge >= 0.3 is 0 Å². The first-order valence-electron chi connectivity index (χ1n) is 6.33. The van der Waals surface area contributed by atoms with Gasteiger partial charge in [0.05, 0.1) is 0 Å². The molecule has 0 aromatic heterocycles. The van der Waals surface area contributed by atoms with Crippen molar-refractivity contribution < 1.29 is 4.79 Å². The van der Waals surface area contributed by atoms with Gasteiger partial charge in [0.2, 0.25) is 5.91 Å². The van der Waals surface area contributed by atoms with E-state index in [9.17, 15) is 4.79 Å². The van der Waals surface area contributed by atoms with E-state index in [0.717, 1.165) is 0 Å². The molecule has 0 bridgehead atoms. The van der Waals surface area contributed by atoms with Gasteiger partial charge in [0.25, 0.3) is 0 Å². The Labute approximate surface area is 115 Å². The van der Waals surface area contributed by atoms with Crippen molar-refractivity contribution in [1.82, 2.24) is 5.32 Å². The van der Waals surface area contributed by atoms with Crippen LogP contribution in [0.3, 0.4) is 0 Å². The number of benzene rings is 1. The number of nitrogens with one attached hydrogen (secondary N) is 1. The molecule has 1 aromatic carbocycles. The molecule has 100 valence electrons. The molecule has 0 saturated heterocycles. The van der Waals surface area contributed by atoms with Gasteiger partial charge in [0.15, 0.2) is 0 Å².